The van der Waals surface area contributed by atoms with Gasteiger partial charge in [0, 0.05) is 12.2 Å². The quantitative estimate of drug-likeness (QED) is 0.499. The van der Waals surface area contributed by atoms with E-state index in [4.69, 9.17) is 9.47 Å². The molecule has 0 heterocycles. The van der Waals surface area contributed by atoms with E-state index < -0.39 is 0 Å². The van der Waals surface area contributed by atoms with Crippen molar-refractivity contribution in [3.8, 4) is 0 Å². The molecule has 18 heavy (non-hydrogen) atoms. The van der Waals surface area contributed by atoms with Crippen LogP contribution in [0.1, 0.15) is 36.2 Å². The second-order valence-corrected chi connectivity index (χ2v) is 4.12. The molecule has 0 radical (unpaired) electrons. The van der Waals surface area contributed by atoms with Gasteiger partial charge in [-0.05, 0) is 18.9 Å². The molecule has 0 N–H and O–H groups in total. The third kappa shape index (κ3) is 5.43. The van der Waals surface area contributed by atoms with Crippen molar-refractivity contribution in [1.29, 1.82) is 0 Å². The second-order valence-electron chi connectivity index (χ2n) is 4.12. The van der Waals surface area contributed by atoms with Crippen LogP contribution in [0.15, 0.2) is 24.3 Å². The van der Waals surface area contributed by atoms with Gasteiger partial charge in [-0.25, -0.2) is 0 Å². The summed E-state index contributed by atoms with van der Waals surface area (Å²) in [4.78, 5) is 11.8. The van der Waals surface area contributed by atoms with Gasteiger partial charge in [-0.15, -0.1) is 0 Å². The lowest BCUT2D eigenvalue weighted by Gasteiger charge is -2.05. The molecule has 0 spiro atoms. The van der Waals surface area contributed by atoms with Crippen LogP contribution in [0.25, 0.3) is 0 Å². The molecule has 1 aromatic carbocycles. The summed E-state index contributed by atoms with van der Waals surface area (Å²) in [5.74, 6) is 0.0227. The fraction of sp³-hybridized carbons (Fsp3) is 0.533. The third-order valence-electron chi connectivity index (χ3n) is 2.62. The predicted octanol–water partition coefficient (Wildman–Crippen LogP) is 2.87. The van der Waals surface area contributed by atoms with Crippen LogP contribution in [-0.4, -0.2) is 32.2 Å². The summed E-state index contributed by atoms with van der Waals surface area (Å²) in [5.41, 5.74) is 1.98. The standard InChI is InChI=1S/C15H22O3/c1-3-5-13-6-8-14(9-7-13)15(16)12-18-11-10-17-4-2/h6-9H,3-5,10-12H2,1-2H3. The molecule has 0 unspecified atom stereocenters. The lowest BCUT2D eigenvalue weighted by molar-refractivity contribution is 0.0475. The molecule has 0 aliphatic heterocycles. The number of hydrogen-bond acceptors (Lipinski definition) is 3. The average molecular weight is 250 g/mol. The largest absolute Gasteiger partial charge is 0.379 e. The number of hydrogen-bond donors (Lipinski definition) is 0. The summed E-state index contributed by atoms with van der Waals surface area (Å²) in [5, 5.41) is 0. The predicted molar refractivity (Wildman–Crippen MR) is 72.1 cm³/mol. The van der Waals surface area contributed by atoms with Crippen molar-refractivity contribution < 1.29 is 14.3 Å². The van der Waals surface area contributed by atoms with Crippen molar-refractivity contribution in [2.24, 2.45) is 0 Å². The molecular formula is C15H22O3. The molecule has 0 aliphatic carbocycles. The number of carbonyl (C=O) groups is 1. The van der Waals surface area contributed by atoms with Crippen molar-refractivity contribution in [2.75, 3.05) is 26.4 Å². The molecule has 0 saturated heterocycles. The molecule has 3 nitrogen and oxygen atoms in total. The molecule has 1 aromatic rings. The minimum absolute atomic E-state index is 0.0227. The Labute approximate surface area is 109 Å². The Bertz CT molecular complexity index is 343. The molecule has 0 amide bonds. The second kappa shape index (κ2) is 8.84. The Hall–Kier alpha value is -1.19. The molecule has 3 heteroatoms. The van der Waals surface area contributed by atoms with E-state index in [9.17, 15) is 4.79 Å². The van der Waals surface area contributed by atoms with Gasteiger partial charge in [-0.2, -0.15) is 0 Å². The number of ether oxygens (including phenoxy) is 2. The van der Waals surface area contributed by atoms with E-state index in [0.29, 0.717) is 25.4 Å². The van der Waals surface area contributed by atoms with Crippen LogP contribution in [0, 0.1) is 0 Å². The minimum atomic E-state index is 0.0227. The molecule has 0 bridgehead atoms. The van der Waals surface area contributed by atoms with Crippen LogP contribution in [0.5, 0.6) is 0 Å². The smallest absolute Gasteiger partial charge is 0.188 e. The van der Waals surface area contributed by atoms with Crippen LogP contribution in [-0.2, 0) is 15.9 Å². The van der Waals surface area contributed by atoms with Crippen LogP contribution >= 0.6 is 0 Å². The highest BCUT2D eigenvalue weighted by Gasteiger charge is 2.05. The van der Waals surface area contributed by atoms with Crippen LogP contribution < -0.4 is 0 Å². The first-order valence-corrected chi connectivity index (χ1v) is 6.55. The van der Waals surface area contributed by atoms with Crippen molar-refractivity contribution in [2.45, 2.75) is 26.7 Å². The lowest BCUT2D eigenvalue weighted by Crippen LogP contribution is -2.12. The Kier molecular flexibility index (Phi) is 7.30. The van der Waals surface area contributed by atoms with Gasteiger partial charge in [-0.1, -0.05) is 37.6 Å². The highest BCUT2D eigenvalue weighted by Crippen LogP contribution is 2.07. The normalized spacial score (nSPS) is 10.6. The molecule has 100 valence electrons. The minimum Gasteiger partial charge on any atom is -0.379 e. The first kappa shape index (κ1) is 14.9. The fourth-order valence-corrected chi connectivity index (χ4v) is 1.66. The zero-order chi connectivity index (χ0) is 13.2. The fourth-order valence-electron chi connectivity index (χ4n) is 1.66. The number of aryl methyl sites for hydroxylation is 1. The number of Topliss-reactive ketones (excluding diaryl/α,β-unsaturated/α-hetero) is 1. The summed E-state index contributed by atoms with van der Waals surface area (Å²) in [6.45, 7) is 5.89. The van der Waals surface area contributed by atoms with Gasteiger partial charge in [0.15, 0.2) is 5.78 Å². The van der Waals surface area contributed by atoms with Gasteiger partial charge in [0.25, 0.3) is 0 Å². The maximum absolute atomic E-state index is 11.8. The van der Waals surface area contributed by atoms with Crippen LogP contribution in [0.4, 0.5) is 0 Å². The maximum Gasteiger partial charge on any atom is 0.188 e. The Morgan fingerprint density at radius 1 is 1.06 bits per heavy atom. The van der Waals surface area contributed by atoms with Gasteiger partial charge in [0.1, 0.15) is 6.61 Å². The molecule has 0 aromatic heterocycles. The highest BCUT2D eigenvalue weighted by molar-refractivity contribution is 5.97. The van der Waals surface area contributed by atoms with Gasteiger partial charge < -0.3 is 9.47 Å². The first-order chi connectivity index (χ1) is 8.77. The Balaban J connectivity index is 2.32. The van der Waals surface area contributed by atoms with Gasteiger partial charge in [-0.3, -0.25) is 4.79 Å². The highest BCUT2D eigenvalue weighted by atomic mass is 16.5. The summed E-state index contributed by atoms with van der Waals surface area (Å²) in [7, 11) is 0. The van der Waals surface area contributed by atoms with Gasteiger partial charge >= 0.3 is 0 Å². The molecule has 0 atom stereocenters. The van der Waals surface area contributed by atoms with Crippen molar-refractivity contribution >= 4 is 5.78 Å². The van der Waals surface area contributed by atoms with E-state index in [-0.39, 0.29) is 12.4 Å². The summed E-state index contributed by atoms with van der Waals surface area (Å²) in [6.07, 6.45) is 2.17. The van der Waals surface area contributed by atoms with E-state index in [1.165, 1.54) is 5.56 Å². The first-order valence-electron chi connectivity index (χ1n) is 6.55. The number of ketones is 1. The summed E-state index contributed by atoms with van der Waals surface area (Å²) >= 11 is 0. The lowest BCUT2D eigenvalue weighted by atomic mass is 10.1. The number of carbonyl (C=O) groups excluding carboxylic acids is 1. The van der Waals surface area contributed by atoms with Crippen LogP contribution in [0.3, 0.4) is 0 Å². The maximum atomic E-state index is 11.8. The molecular weight excluding hydrogens is 228 g/mol. The summed E-state index contributed by atoms with van der Waals surface area (Å²) < 4.78 is 10.4. The molecule has 0 fully saturated rings. The monoisotopic (exact) mass is 250 g/mol. The van der Waals surface area contributed by atoms with E-state index in [1.54, 1.807) is 0 Å². The van der Waals surface area contributed by atoms with Crippen molar-refractivity contribution in [3.05, 3.63) is 35.4 Å². The molecule has 0 aliphatic rings. The Morgan fingerprint density at radius 2 is 1.72 bits per heavy atom. The number of rotatable bonds is 9. The van der Waals surface area contributed by atoms with E-state index in [0.717, 1.165) is 12.8 Å². The van der Waals surface area contributed by atoms with E-state index >= 15 is 0 Å². The van der Waals surface area contributed by atoms with Crippen molar-refractivity contribution in [3.63, 3.8) is 0 Å². The SMILES string of the molecule is CCCc1ccc(C(=O)COCCOCC)cc1. The zero-order valence-electron chi connectivity index (χ0n) is 11.3. The van der Waals surface area contributed by atoms with Crippen LogP contribution in [0.2, 0.25) is 0 Å². The summed E-state index contributed by atoms with van der Waals surface area (Å²) in [6, 6.07) is 7.77. The van der Waals surface area contributed by atoms with Crippen molar-refractivity contribution in [1.82, 2.24) is 0 Å². The average Bonchev–Trinajstić information content (AvgIpc) is 2.39. The molecule has 0 saturated carbocycles. The van der Waals surface area contributed by atoms with E-state index in [2.05, 4.69) is 6.92 Å². The van der Waals surface area contributed by atoms with Gasteiger partial charge in [0.05, 0.1) is 13.2 Å². The molecule has 1 rings (SSSR count). The number of benzene rings is 1. The topological polar surface area (TPSA) is 35.5 Å². The van der Waals surface area contributed by atoms with E-state index in [1.807, 2.05) is 31.2 Å². The van der Waals surface area contributed by atoms with Gasteiger partial charge in [0.2, 0.25) is 0 Å². The third-order valence-corrected chi connectivity index (χ3v) is 2.62. The zero-order valence-corrected chi connectivity index (χ0v) is 11.3. The Morgan fingerprint density at radius 3 is 2.33 bits per heavy atom.